The van der Waals surface area contributed by atoms with Crippen molar-refractivity contribution >= 4 is 11.6 Å². The summed E-state index contributed by atoms with van der Waals surface area (Å²) in [4.78, 5) is 15.1. The van der Waals surface area contributed by atoms with Crippen LogP contribution in [0, 0.1) is 11.3 Å². The number of hydrogen-bond acceptors (Lipinski definition) is 3. The number of carbonyl (C=O) groups excluding carboxylic acids is 1. The Morgan fingerprint density at radius 1 is 1.12 bits per heavy atom. The van der Waals surface area contributed by atoms with Crippen LogP contribution < -0.4 is 4.90 Å². The summed E-state index contributed by atoms with van der Waals surface area (Å²) in [7, 11) is 1.73. The van der Waals surface area contributed by atoms with Crippen LogP contribution in [0.2, 0.25) is 0 Å². The molecule has 4 heteroatoms. The van der Waals surface area contributed by atoms with E-state index in [1.54, 1.807) is 7.11 Å². The quantitative estimate of drug-likeness (QED) is 0.783. The molecule has 1 spiro atoms. The van der Waals surface area contributed by atoms with Crippen molar-refractivity contribution in [2.24, 2.45) is 11.3 Å². The van der Waals surface area contributed by atoms with Crippen LogP contribution in [0.4, 0.5) is 5.69 Å². The second kappa shape index (κ2) is 7.69. The molecule has 0 atom stereocenters. The minimum absolute atomic E-state index is 0.248. The lowest BCUT2D eigenvalue weighted by Gasteiger charge is -2.43. The zero-order valence-corrected chi connectivity index (χ0v) is 16.5. The molecule has 1 saturated carbocycles. The molecule has 0 unspecified atom stereocenters. The third kappa shape index (κ3) is 3.67. The highest BCUT2D eigenvalue weighted by atomic mass is 16.5. The largest absolute Gasteiger partial charge is 0.390 e. The molecule has 1 aromatic carbocycles. The number of benzene rings is 1. The molecule has 0 aromatic heterocycles. The summed E-state index contributed by atoms with van der Waals surface area (Å²) < 4.78 is 5.10. The summed E-state index contributed by atoms with van der Waals surface area (Å²) >= 11 is 0. The highest BCUT2D eigenvalue weighted by Crippen LogP contribution is 2.50. The number of aryl methyl sites for hydroxylation is 1. The topological polar surface area (TPSA) is 49.8 Å². The van der Waals surface area contributed by atoms with Crippen LogP contribution in [0.1, 0.15) is 57.9 Å². The number of nitrogens with zero attached hydrogens (tertiary/aromatic N) is 1. The zero-order valence-electron chi connectivity index (χ0n) is 16.5. The van der Waals surface area contributed by atoms with Crippen molar-refractivity contribution in [1.29, 1.82) is 0 Å². The van der Waals surface area contributed by atoms with Crippen LogP contribution in [0.25, 0.3) is 0 Å². The van der Waals surface area contributed by atoms with E-state index in [9.17, 15) is 9.90 Å². The van der Waals surface area contributed by atoms with Crippen molar-refractivity contribution in [3.05, 3.63) is 29.8 Å². The molecular weight excluding hydrogens is 326 g/mol. The molecule has 2 fully saturated rings. The van der Waals surface area contributed by atoms with Gasteiger partial charge in [0.1, 0.15) is 0 Å². The molecule has 1 N–H and O–H groups in total. The number of hydrogen-bond donors (Lipinski definition) is 1. The van der Waals surface area contributed by atoms with Gasteiger partial charge in [-0.15, -0.1) is 0 Å². The number of aliphatic hydroxyl groups is 1. The summed E-state index contributed by atoms with van der Waals surface area (Å²) in [6, 6.07) is 8.40. The van der Waals surface area contributed by atoms with Crippen molar-refractivity contribution in [3.63, 3.8) is 0 Å². The van der Waals surface area contributed by atoms with Gasteiger partial charge >= 0.3 is 0 Å². The number of methoxy groups -OCH3 is 1. The molecule has 1 saturated heterocycles. The van der Waals surface area contributed by atoms with Gasteiger partial charge in [-0.1, -0.05) is 26.0 Å². The Balaban J connectivity index is 1.64. The second-order valence-corrected chi connectivity index (χ2v) is 8.51. The maximum Gasteiger partial charge on any atom is 0.233 e. The Morgan fingerprint density at radius 3 is 2.35 bits per heavy atom. The fourth-order valence-corrected chi connectivity index (χ4v) is 4.53. The number of amides is 1. The maximum absolute atomic E-state index is 13.2. The van der Waals surface area contributed by atoms with Gasteiger partial charge in [-0.2, -0.15) is 0 Å². The molecule has 1 aromatic rings. The van der Waals surface area contributed by atoms with Gasteiger partial charge < -0.3 is 14.7 Å². The van der Waals surface area contributed by atoms with Crippen LogP contribution in [-0.2, 0) is 16.0 Å². The van der Waals surface area contributed by atoms with Gasteiger partial charge in [0.25, 0.3) is 0 Å². The minimum atomic E-state index is -0.594. The highest BCUT2D eigenvalue weighted by molar-refractivity contribution is 6.00. The van der Waals surface area contributed by atoms with E-state index < -0.39 is 5.60 Å². The third-order valence-electron chi connectivity index (χ3n) is 6.72. The van der Waals surface area contributed by atoms with E-state index in [2.05, 4.69) is 38.1 Å². The summed E-state index contributed by atoms with van der Waals surface area (Å²) in [6.07, 6.45) is 6.03. The molecular formula is C22H33NO3. The lowest BCUT2D eigenvalue weighted by atomic mass is 9.65. The van der Waals surface area contributed by atoms with Crippen molar-refractivity contribution in [2.75, 3.05) is 25.2 Å². The minimum Gasteiger partial charge on any atom is -0.390 e. The highest BCUT2D eigenvalue weighted by Gasteiger charge is 2.52. The average molecular weight is 360 g/mol. The molecule has 0 radical (unpaired) electrons. The molecule has 1 aliphatic carbocycles. The predicted molar refractivity (Wildman–Crippen MR) is 104 cm³/mol. The van der Waals surface area contributed by atoms with Crippen LogP contribution in [0.3, 0.4) is 0 Å². The van der Waals surface area contributed by atoms with E-state index in [-0.39, 0.29) is 17.2 Å². The smallest absolute Gasteiger partial charge is 0.233 e. The Morgan fingerprint density at radius 2 is 1.77 bits per heavy atom. The average Bonchev–Trinajstić information content (AvgIpc) is 2.95. The van der Waals surface area contributed by atoms with Crippen molar-refractivity contribution in [1.82, 2.24) is 0 Å². The van der Waals surface area contributed by atoms with Gasteiger partial charge in [0, 0.05) is 25.9 Å². The van der Waals surface area contributed by atoms with E-state index in [1.165, 1.54) is 5.56 Å². The number of ether oxygens (including phenoxy) is 1. The Bertz CT molecular complexity index is 615. The van der Waals surface area contributed by atoms with Crippen molar-refractivity contribution < 1.29 is 14.6 Å². The zero-order chi connectivity index (χ0) is 18.8. The van der Waals surface area contributed by atoms with Crippen LogP contribution in [-0.4, -0.2) is 36.9 Å². The van der Waals surface area contributed by atoms with E-state index in [0.717, 1.165) is 63.8 Å². The summed E-state index contributed by atoms with van der Waals surface area (Å²) in [6.45, 7) is 5.73. The molecule has 144 valence electrons. The van der Waals surface area contributed by atoms with Gasteiger partial charge in [0.05, 0.1) is 11.0 Å². The molecule has 1 amide bonds. The van der Waals surface area contributed by atoms with E-state index in [0.29, 0.717) is 0 Å². The van der Waals surface area contributed by atoms with Crippen LogP contribution in [0.5, 0.6) is 0 Å². The first-order valence-electron chi connectivity index (χ1n) is 10.0. The Kier molecular flexibility index (Phi) is 5.73. The monoisotopic (exact) mass is 359 g/mol. The fourth-order valence-electron chi connectivity index (χ4n) is 4.53. The van der Waals surface area contributed by atoms with Gasteiger partial charge in [-0.3, -0.25) is 4.79 Å². The van der Waals surface area contributed by atoms with E-state index >= 15 is 0 Å². The number of carbonyl (C=O) groups is 1. The Hall–Kier alpha value is -1.39. The summed E-state index contributed by atoms with van der Waals surface area (Å²) in [5, 5.41) is 10.7. The SMILES string of the molecule is COCCCc1ccc(N2CCC3(CCC(O)(C(C)C)CC3)C2=O)cc1. The molecule has 26 heavy (non-hydrogen) atoms. The maximum atomic E-state index is 13.2. The Labute approximate surface area is 157 Å². The first kappa shape index (κ1) is 19.4. The van der Waals surface area contributed by atoms with Crippen molar-refractivity contribution in [2.45, 2.75) is 64.4 Å². The van der Waals surface area contributed by atoms with Gasteiger partial charge in [0.15, 0.2) is 0 Å². The molecule has 1 aliphatic heterocycles. The normalized spacial score (nSPS) is 29.1. The molecule has 2 aliphatic rings. The van der Waals surface area contributed by atoms with Crippen LogP contribution >= 0.6 is 0 Å². The lowest BCUT2D eigenvalue weighted by molar-refractivity contribution is -0.132. The lowest BCUT2D eigenvalue weighted by Crippen LogP contribution is -2.46. The third-order valence-corrected chi connectivity index (χ3v) is 6.72. The molecule has 4 nitrogen and oxygen atoms in total. The first-order chi connectivity index (χ1) is 12.4. The van der Waals surface area contributed by atoms with Crippen LogP contribution in [0.15, 0.2) is 24.3 Å². The standard InChI is InChI=1S/C22H33NO3/c1-17(2)22(25)12-10-21(11-13-22)14-15-23(20(21)24)19-8-6-18(7-9-19)5-4-16-26-3/h6-9,17,25H,4-5,10-16H2,1-3H3. The second-order valence-electron chi connectivity index (χ2n) is 8.51. The molecule has 1 heterocycles. The first-order valence-corrected chi connectivity index (χ1v) is 10.0. The van der Waals surface area contributed by atoms with Gasteiger partial charge in [-0.05, 0) is 68.6 Å². The van der Waals surface area contributed by atoms with Crippen molar-refractivity contribution in [3.8, 4) is 0 Å². The van der Waals surface area contributed by atoms with E-state index in [4.69, 9.17) is 4.74 Å². The van der Waals surface area contributed by atoms with E-state index in [1.807, 2.05) is 4.90 Å². The molecule has 0 bridgehead atoms. The summed E-state index contributed by atoms with van der Waals surface area (Å²) in [5.41, 5.74) is 1.44. The van der Waals surface area contributed by atoms with Gasteiger partial charge in [-0.25, -0.2) is 0 Å². The predicted octanol–water partition coefficient (Wildman–Crippen LogP) is 3.95. The number of rotatable bonds is 6. The fraction of sp³-hybridized carbons (Fsp3) is 0.682. The molecule has 3 rings (SSSR count). The number of anilines is 1. The summed E-state index contributed by atoms with van der Waals surface area (Å²) in [5.74, 6) is 0.508. The van der Waals surface area contributed by atoms with Gasteiger partial charge in [0.2, 0.25) is 5.91 Å².